The van der Waals surface area contributed by atoms with Crippen LogP contribution in [0.4, 0.5) is 8.78 Å². The molecule has 1 heterocycles. The van der Waals surface area contributed by atoms with Gasteiger partial charge in [0, 0.05) is 18.6 Å². The number of aliphatic carboxylic acids is 1. The molecule has 0 bridgehead atoms. The van der Waals surface area contributed by atoms with Crippen LogP contribution in [0.15, 0.2) is 24.3 Å². The van der Waals surface area contributed by atoms with Gasteiger partial charge < -0.3 is 19.9 Å². The number of carboxylic acids is 1. The molecular formula is C16H19F2NO5. The van der Waals surface area contributed by atoms with E-state index in [0.717, 1.165) is 19.4 Å². The van der Waals surface area contributed by atoms with Crippen LogP contribution < -0.4 is 10.1 Å². The number of carboxylic acid groups (broad SMARTS) is 1. The van der Waals surface area contributed by atoms with Crippen molar-refractivity contribution in [2.45, 2.75) is 37.8 Å². The highest BCUT2D eigenvalue weighted by atomic mass is 19.3. The molecule has 0 aromatic heterocycles. The molecule has 0 radical (unpaired) electrons. The fourth-order valence-corrected chi connectivity index (χ4v) is 2.31. The molecule has 24 heavy (non-hydrogen) atoms. The topological polar surface area (TPSA) is 84.9 Å². The Labute approximate surface area is 137 Å². The van der Waals surface area contributed by atoms with Crippen molar-refractivity contribution in [2.24, 2.45) is 0 Å². The maximum Gasteiger partial charge on any atom is 0.326 e. The van der Waals surface area contributed by atoms with Crippen LogP contribution in [-0.4, -0.2) is 48.8 Å². The van der Waals surface area contributed by atoms with Gasteiger partial charge in [0.05, 0.1) is 6.10 Å². The van der Waals surface area contributed by atoms with E-state index in [2.05, 4.69) is 5.32 Å². The summed E-state index contributed by atoms with van der Waals surface area (Å²) in [6, 6.07) is 4.38. The van der Waals surface area contributed by atoms with Crippen LogP contribution in [-0.2, 0) is 9.53 Å². The minimum Gasteiger partial charge on any atom is -0.491 e. The van der Waals surface area contributed by atoms with Crippen LogP contribution in [0.1, 0.15) is 29.6 Å². The number of ether oxygens (including phenoxy) is 2. The zero-order valence-corrected chi connectivity index (χ0v) is 12.9. The molecule has 1 saturated heterocycles. The van der Waals surface area contributed by atoms with E-state index < -0.39 is 30.8 Å². The first-order valence-electron chi connectivity index (χ1n) is 7.62. The highest BCUT2D eigenvalue weighted by molar-refractivity contribution is 5.96. The summed E-state index contributed by atoms with van der Waals surface area (Å²) < 4.78 is 35.6. The normalized spacial score (nSPS) is 18.4. The van der Waals surface area contributed by atoms with Crippen molar-refractivity contribution in [3.63, 3.8) is 0 Å². The molecule has 1 aliphatic rings. The maximum absolute atomic E-state index is 12.3. The molecule has 2 unspecified atom stereocenters. The van der Waals surface area contributed by atoms with Gasteiger partial charge in [0.15, 0.2) is 0 Å². The molecule has 1 amide bonds. The zero-order valence-electron chi connectivity index (χ0n) is 12.9. The molecule has 1 aromatic carbocycles. The van der Waals surface area contributed by atoms with Gasteiger partial charge in [0.1, 0.15) is 18.4 Å². The second-order valence-corrected chi connectivity index (χ2v) is 5.46. The lowest BCUT2D eigenvalue weighted by molar-refractivity contribution is -0.140. The quantitative estimate of drug-likeness (QED) is 0.755. The smallest absolute Gasteiger partial charge is 0.326 e. The minimum absolute atomic E-state index is 0.0682. The predicted molar refractivity (Wildman–Crippen MR) is 80.4 cm³/mol. The molecule has 0 saturated carbocycles. The number of halogens is 2. The summed E-state index contributed by atoms with van der Waals surface area (Å²) >= 11 is 0. The van der Waals surface area contributed by atoms with E-state index in [1.165, 1.54) is 12.1 Å². The molecule has 132 valence electrons. The summed E-state index contributed by atoms with van der Waals surface area (Å²) in [4.78, 5) is 22.8. The van der Waals surface area contributed by atoms with Gasteiger partial charge in [0.25, 0.3) is 5.91 Å². The van der Waals surface area contributed by atoms with Gasteiger partial charge >= 0.3 is 5.97 Å². The SMILES string of the molecule is O=C(NC(CC(F)F)C(=O)O)c1ccc(OCC2CCCO2)cc1. The second kappa shape index (κ2) is 8.58. The third-order valence-electron chi connectivity index (χ3n) is 3.59. The van der Waals surface area contributed by atoms with E-state index in [4.69, 9.17) is 14.6 Å². The van der Waals surface area contributed by atoms with Crippen LogP contribution in [0.3, 0.4) is 0 Å². The van der Waals surface area contributed by atoms with E-state index >= 15 is 0 Å². The van der Waals surface area contributed by atoms with Crippen molar-refractivity contribution in [1.29, 1.82) is 0 Å². The minimum atomic E-state index is -2.82. The van der Waals surface area contributed by atoms with Crippen molar-refractivity contribution in [1.82, 2.24) is 5.32 Å². The molecule has 2 N–H and O–H groups in total. The summed E-state index contributed by atoms with van der Waals surface area (Å²) in [6.07, 6.45) is -1.74. The number of carbonyl (C=O) groups excluding carboxylic acids is 1. The fourth-order valence-electron chi connectivity index (χ4n) is 2.31. The standard InChI is InChI=1S/C16H19F2NO5/c17-14(18)8-13(16(21)22)19-15(20)10-3-5-11(6-4-10)24-9-12-2-1-7-23-12/h3-6,12-14H,1-2,7-9H2,(H,19,20)(H,21,22). The van der Waals surface area contributed by atoms with Crippen LogP contribution >= 0.6 is 0 Å². The Hall–Kier alpha value is -2.22. The van der Waals surface area contributed by atoms with Crippen molar-refractivity contribution in [3.8, 4) is 5.75 Å². The lowest BCUT2D eigenvalue weighted by atomic mass is 10.1. The van der Waals surface area contributed by atoms with Crippen LogP contribution in [0, 0.1) is 0 Å². The monoisotopic (exact) mass is 343 g/mol. The molecule has 0 aliphatic carbocycles. The molecule has 1 aromatic rings. The Morgan fingerprint density at radius 3 is 2.58 bits per heavy atom. The lowest BCUT2D eigenvalue weighted by Crippen LogP contribution is -2.42. The number of hydrogen-bond donors (Lipinski definition) is 2. The summed E-state index contributed by atoms with van der Waals surface area (Å²) in [7, 11) is 0. The highest BCUT2D eigenvalue weighted by Crippen LogP contribution is 2.17. The highest BCUT2D eigenvalue weighted by Gasteiger charge is 2.24. The first-order valence-corrected chi connectivity index (χ1v) is 7.62. The largest absolute Gasteiger partial charge is 0.491 e. The Kier molecular flexibility index (Phi) is 6.48. The fraction of sp³-hybridized carbons (Fsp3) is 0.500. The van der Waals surface area contributed by atoms with Crippen molar-refractivity contribution >= 4 is 11.9 Å². The Balaban J connectivity index is 1.88. The predicted octanol–water partition coefficient (Wildman–Crippen LogP) is 2.08. The van der Waals surface area contributed by atoms with Gasteiger partial charge in [-0.05, 0) is 37.1 Å². The first kappa shape index (κ1) is 18.1. The Morgan fingerprint density at radius 1 is 1.33 bits per heavy atom. The molecule has 1 aliphatic heterocycles. The van der Waals surface area contributed by atoms with Gasteiger partial charge in [-0.1, -0.05) is 0 Å². The molecular weight excluding hydrogens is 324 g/mol. The maximum atomic E-state index is 12.3. The summed E-state index contributed by atoms with van der Waals surface area (Å²) in [5.41, 5.74) is 0.167. The number of rotatable bonds is 8. The van der Waals surface area contributed by atoms with Crippen molar-refractivity contribution in [2.75, 3.05) is 13.2 Å². The third-order valence-corrected chi connectivity index (χ3v) is 3.59. The van der Waals surface area contributed by atoms with Crippen LogP contribution in [0.2, 0.25) is 0 Å². The van der Waals surface area contributed by atoms with Gasteiger partial charge in [-0.3, -0.25) is 4.79 Å². The molecule has 2 rings (SSSR count). The lowest BCUT2D eigenvalue weighted by Gasteiger charge is -2.14. The Bertz CT molecular complexity index is 558. The molecule has 0 spiro atoms. The number of nitrogens with one attached hydrogen (secondary N) is 1. The molecule has 8 heteroatoms. The van der Waals surface area contributed by atoms with Gasteiger partial charge in [-0.2, -0.15) is 0 Å². The van der Waals surface area contributed by atoms with Gasteiger partial charge in [0.2, 0.25) is 6.43 Å². The van der Waals surface area contributed by atoms with Gasteiger partial charge in [-0.25, -0.2) is 13.6 Å². The number of amides is 1. The second-order valence-electron chi connectivity index (χ2n) is 5.46. The van der Waals surface area contributed by atoms with E-state index in [1.807, 2.05) is 0 Å². The number of alkyl halides is 2. The molecule has 1 fully saturated rings. The van der Waals surface area contributed by atoms with E-state index in [1.54, 1.807) is 12.1 Å². The summed E-state index contributed by atoms with van der Waals surface area (Å²) in [6.45, 7) is 1.15. The summed E-state index contributed by atoms with van der Waals surface area (Å²) in [5, 5.41) is 10.9. The first-order chi connectivity index (χ1) is 11.5. The van der Waals surface area contributed by atoms with E-state index in [0.29, 0.717) is 12.4 Å². The van der Waals surface area contributed by atoms with E-state index in [-0.39, 0.29) is 11.7 Å². The number of hydrogen-bond acceptors (Lipinski definition) is 4. The summed E-state index contributed by atoms with van der Waals surface area (Å²) in [5.74, 6) is -1.68. The average molecular weight is 343 g/mol. The van der Waals surface area contributed by atoms with Crippen molar-refractivity contribution < 1.29 is 33.0 Å². The molecule has 6 nitrogen and oxygen atoms in total. The van der Waals surface area contributed by atoms with Crippen molar-refractivity contribution in [3.05, 3.63) is 29.8 Å². The zero-order chi connectivity index (χ0) is 17.5. The third kappa shape index (κ3) is 5.45. The molecule has 2 atom stereocenters. The van der Waals surface area contributed by atoms with Crippen LogP contribution in [0.25, 0.3) is 0 Å². The Morgan fingerprint density at radius 2 is 2.04 bits per heavy atom. The number of carbonyl (C=O) groups is 2. The van der Waals surface area contributed by atoms with Gasteiger partial charge in [-0.15, -0.1) is 0 Å². The number of benzene rings is 1. The van der Waals surface area contributed by atoms with Crippen LogP contribution in [0.5, 0.6) is 5.75 Å². The average Bonchev–Trinajstić information content (AvgIpc) is 3.05. The van der Waals surface area contributed by atoms with E-state index in [9.17, 15) is 18.4 Å².